The number of carbonyl (C=O) groups excluding carboxylic acids is 1. The van der Waals surface area contributed by atoms with E-state index in [1.54, 1.807) is 12.0 Å². The lowest BCUT2D eigenvalue weighted by Gasteiger charge is -2.31. The van der Waals surface area contributed by atoms with Crippen molar-refractivity contribution in [2.24, 2.45) is 0 Å². The second-order valence-corrected chi connectivity index (χ2v) is 6.96. The van der Waals surface area contributed by atoms with E-state index in [1.165, 1.54) is 13.0 Å². The Labute approximate surface area is 162 Å². The Bertz CT molecular complexity index is 835. The van der Waals surface area contributed by atoms with Gasteiger partial charge >= 0.3 is 6.18 Å². The van der Waals surface area contributed by atoms with Gasteiger partial charge in [0.1, 0.15) is 11.4 Å². The highest BCUT2D eigenvalue weighted by molar-refractivity contribution is 5.95. The van der Waals surface area contributed by atoms with Gasteiger partial charge in [0.15, 0.2) is 0 Å². The minimum Gasteiger partial charge on any atom is -0.497 e. The van der Waals surface area contributed by atoms with Gasteiger partial charge in [-0.05, 0) is 49.6 Å². The van der Waals surface area contributed by atoms with Crippen LogP contribution in [0.15, 0.2) is 36.4 Å². The van der Waals surface area contributed by atoms with Gasteiger partial charge in [-0.15, -0.1) is 0 Å². The number of rotatable bonds is 3. The number of hydrogen-bond donors (Lipinski definition) is 0. The van der Waals surface area contributed by atoms with Crippen LogP contribution in [0.1, 0.15) is 59.0 Å². The number of methoxy groups -OCH3 is 1. The predicted octanol–water partition coefficient (Wildman–Crippen LogP) is 5.17. The van der Waals surface area contributed by atoms with Gasteiger partial charge in [-0.3, -0.25) is 4.79 Å². The summed E-state index contributed by atoms with van der Waals surface area (Å²) < 4.78 is 43.9. The number of likely N-dealkylation sites (tertiary alicyclic amines) is 1. The zero-order valence-corrected chi connectivity index (χ0v) is 15.9. The maximum absolute atomic E-state index is 13.2. The average Bonchev–Trinajstić information content (AvgIpc) is 2.93. The van der Waals surface area contributed by atoms with E-state index >= 15 is 0 Å². The number of benzene rings is 1. The summed E-state index contributed by atoms with van der Waals surface area (Å²) in [5.41, 5.74) is 0.323. The molecule has 1 aliphatic heterocycles. The van der Waals surface area contributed by atoms with E-state index in [4.69, 9.17) is 4.74 Å². The molecular formula is C21H23F3N2O2. The van der Waals surface area contributed by atoms with Crippen molar-refractivity contribution in [2.45, 2.75) is 44.8 Å². The van der Waals surface area contributed by atoms with Gasteiger partial charge in [0.25, 0.3) is 5.91 Å². The number of aryl methyl sites for hydroxylation is 1. The summed E-state index contributed by atoms with van der Waals surface area (Å²) in [6.45, 7) is 2.01. The summed E-state index contributed by atoms with van der Waals surface area (Å²) in [6, 6.07) is 9.58. The second kappa shape index (κ2) is 8.20. The Hall–Kier alpha value is -2.57. The lowest BCUT2D eigenvalue weighted by atomic mass is 9.99. The second-order valence-electron chi connectivity index (χ2n) is 6.96. The van der Waals surface area contributed by atoms with Crippen LogP contribution in [0.4, 0.5) is 13.2 Å². The molecule has 1 atom stereocenters. The summed E-state index contributed by atoms with van der Waals surface area (Å²) >= 11 is 0. The highest BCUT2D eigenvalue weighted by Gasteiger charge is 2.34. The van der Waals surface area contributed by atoms with Crippen LogP contribution >= 0.6 is 0 Å². The van der Waals surface area contributed by atoms with Gasteiger partial charge in [-0.25, -0.2) is 4.98 Å². The van der Waals surface area contributed by atoms with Gasteiger partial charge in [-0.1, -0.05) is 25.0 Å². The number of ether oxygens (including phenoxy) is 1. The van der Waals surface area contributed by atoms with Crippen molar-refractivity contribution in [3.8, 4) is 5.75 Å². The van der Waals surface area contributed by atoms with E-state index in [9.17, 15) is 18.0 Å². The van der Waals surface area contributed by atoms with Crippen molar-refractivity contribution in [1.29, 1.82) is 0 Å². The number of nitrogens with zero attached hydrogens (tertiary/aromatic N) is 2. The van der Waals surface area contributed by atoms with Crippen LogP contribution < -0.4 is 4.74 Å². The highest BCUT2D eigenvalue weighted by atomic mass is 19.4. The van der Waals surface area contributed by atoms with Crippen LogP contribution in [0.5, 0.6) is 5.75 Å². The van der Waals surface area contributed by atoms with E-state index in [-0.39, 0.29) is 23.2 Å². The van der Waals surface area contributed by atoms with E-state index in [0.29, 0.717) is 6.54 Å². The monoisotopic (exact) mass is 392 g/mol. The SMILES string of the molecule is COc1ccc(C2CCCCCN2C(=O)c2ccc(C(F)(F)F)nc2C)cc1. The van der Waals surface area contributed by atoms with Crippen LogP contribution in [0.3, 0.4) is 0 Å². The van der Waals surface area contributed by atoms with Crippen LogP contribution in [-0.4, -0.2) is 29.4 Å². The molecule has 1 unspecified atom stereocenters. The van der Waals surface area contributed by atoms with Crippen molar-refractivity contribution in [3.05, 3.63) is 58.9 Å². The maximum Gasteiger partial charge on any atom is 0.433 e. The van der Waals surface area contributed by atoms with E-state index < -0.39 is 11.9 Å². The number of aromatic nitrogens is 1. The van der Waals surface area contributed by atoms with Crippen molar-refractivity contribution < 1.29 is 22.7 Å². The average molecular weight is 392 g/mol. The molecule has 2 heterocycles. The highest BCUT2D eigenvalue weighted by Crippen LogP contribution is 2.33. The molecule has 0 saturated carbocycles. The molecule has 28 heavy (non-hydrogen) atoms. The topological polar surface area (TPSA) is 42.4 Å². The summed E-state index contributed by atoms with van der Waals surface area (Å²) in [5.74, 6) is 0.458. The first-order valence-electron chi connectivity index (χ1n) is 9.31. The molecular weight excluding hydrogens is 369 g/mol. The fourth-order valence-corrected chi connectivity index (χ4v) is 3.62. The third kappa shape index (κ3) is 4.29. The number of alkyl halides is 3. The Kier molecular flexibility index (Phi) is 5.91. The molecule has 150 valence electrons. The third-order valence-corrected chi connectivity index (χ3v) is 5.12. The zero-order chi connectivity index (χ0) is 20.3. The minimum absolute atomic E-state index is 0.0950. The van der Waals surface area contributed by atoms with Crippen molar-refractivity contribution in [2.75, 3.05) is 13.7 Å². The molecule has 0 aliphatic carbocycles. The minimum atomic E-state index is -4.53. The number of amides is 1. The predicted molar refractivity (Wildman–Crippen MR) is 99.2 cm³/mol. The standard InChI is InChI=1S/C21H23F3N2O2/c1-14-17(11-12-19(25-14)21(22,23)24)20(27)26-13-5-3-4-6-18(26)15-7-9-16(28-2)10-8-15/h7-12,18H,3-6,13H2,1-2H3. The Morgan fingerprint density at radius 3 is 2.43 bits per heavy atom. The first kappa shape index (κ1) is 20.2. The molecule has 0 radical (unpaired) electrons. The van der Waals surface area contributed by atoms with E-state index in [2.05, 4.69) is 4.98 Å². The first-order valence-corrected chi connectivity index (χ1v) is 9.31. The summed E-state index contributed by atoms with van der Waals surface area (Å²) in [6.07, 6.45) is -0.845. The molecule has 1 fully saturated rings. The van der Waals surface area contributed by atoms with E-state index in [0.717, 1.165) is 43.1 Å². The maximum atomic E-state index is 13.2. The fraction of sp³-hybridized carbons (Fsp3) is 0.429. The summed E-state index contributed by atoms with van der Waals surface area (Å²) in [5, 5.41) is 0. The molecule has 1 aromatic heterocycles. The molecule has 1 saturated heterocycles. The quantitative estimate of drug-likeness (QED) is 0.723. The lowest BCUT2D eigenvalue weighted by molar-refractivity contribution is -0.141. The molecule has 0 N–H and O–H groups in total. The van der Waals surface area contributed by atoms with Gasteiger partial charge in [0, 0.05) is 6.54 Å². The van der Waals surface area contributed by atoms with Crippen molar-refractivity contribution in [3.63, 3.8) is 0 Å². The summed E-state index contributed by atoms with van der Waals surface area (Å²) in [7, 11) is 1.59. The van der Waals surface area contributed by atoms with Crippen LogP contribution in [0, 0.1) is 6.92 Å². The Morgan fingerprint density at radius 2 is 1.82 bits per heavy atom. The third-order valence-electron chi connectivity index (χ3n) is 5.12. The molecule has 7 heteroatoms. The number of hydrogen-bond acceptors (Lipinski definition) is 3. The van der Waals surface area contributed by atoms with Crippen LogP contribution in [0.2, 0.25) is 0 Å². The van der Waals surface area contributed by atoms with Gasteiger partial charge in [0.05, 0.1) is 24.4 Å². The normalized spacial score (nSPS) is 17.9. The van der Waals surface area contributed by atoms with Crippen molar-refractivity contribution in [1.82, 2.24) is 9.88 Å². The number of halogens is 3. The first-order chi connectivity index (χ1) is 13.3. The number of pyridine rings is 1. The molecule has 4 nitrogen and oxygen atoms in total. The fourth-order valence-electron chi connectivity index (χ4n) is 3.62. The van der Waals surface area contributed by atoms with Crippen molar-refractivity contribution >= 4 is 5.91 Å². The van der Waals surface area contributed by atoms with Crippen LogP contribution in [-0.2, 0) is 6.18 Å². The van der Waals surface area contributed by atoms with Gasteiger partial charge in [-0.2, -0.15) is 13.2 Å². The van der Waals surface area contributed by atoms with Gasteiger partial charge < -0.3 is 9.64 Å². The largest absolute Gasteiger partial charge is 0.497 e. The molecule has 1 aliphatic rings. The molecule has 2 aromatic rings. The Morgan fingerprint density at radius 1 is 1.11 bits per heavy atom. The molecule has 0 spiro atoms. The molecule has 3 rings (SSSR count). The number of carbonyl (C=O) groups is 1. The Balaban J connectivity index is 1.92. The molecule has 1 aromatic carbocycles. The molecule has 0 bridgehead atoms. The summed E-state index contributed by atoms with van der Waals surface area (Å²) in [4.78, 5) is 18.6. The zero-order valence-electron chi connectivity index (χ0n) is 15.9. The molecule has 1 amide bonds. The lowest BCUT2D eigenvalue weighted by Crippen LogP contribution is -2.35. The van der Waals surface area contributed by atoms with Gasteiger partial charge in [0.2, 0.25) is 0 Å². The smallest absolute Gasteiger partial charge is 0.433 e. The van der Waals surface area contributed by atoms with Crippen LogP contribution in [0.25, 0.3) is 0 Å². The van der Waals surface area contributed by atoms with E-state index in [1.807, 2.05) is 24.3 Å².